The maximum absolute atomic E-state index is 11.7. The smallest absolute Gasteiger partial charge is 0.234 e. The molecule has 6 nitrogen and oxygen atoms in total. The number of aryl methyl sites for hydroxylation is 1. The van der Waals surface area contributed by atoms with Gasteiger partial charge in [0, 0.05) is 32.0 Å². The molecule has 19 heavy (non-hydrogen) atoms. The molecule has 0 spiro atoms. The molecule has 2 heterocycles. The Kier molecular flexibility index (Phi) is 5.23. The van der Waals surface area contributed by atoms with Crippen LogP contribution in [0.1, 0.15) is 24.4 Å². The molecule has 1 aliphatic heterocycles. The molecular weight excluding hydrogens is 244 g/mol. The molecule has 6 heteroatoms. The Morgan fingerprint density at radius 2 is 2.26 bits per heavy atom. The lowest BCUT2D eigenvalue weighted by Gasteiger charge is -2.23. The zero-order valence-corrected chi connectivity index (χ0v) is 11.2. The normalized spacial score (nSPS) is 16.3. The zero-order valence-electron chi connectivity index (χ0n) is 11.2. The van der Waals surface area contributed by atoms with Gasteiger partial charge in [0.05, 0.1) is 12.2 Å². The molecule has 1 saturated heterocycles. The molecule has 1 aromatic heterocycles. The van der Waals surface area contributed by atoms with Crippen molar-refractivity contribution < 1.29 is 9.53 Å². The standard InChI is InChI=1S/C13H20N4O2/c1-10-15-5-2-12(16-10)8-14-9-13(18)17-11-3-6-19-7-4-11/h2,5,11,14H,3-4,6-9H2,1H3,(H,17,18). The molecule has 104 valence electrons. The van der Waals surface area contributed by atoms with Crippen LogP contribution in [0.4, 0.5) is 0 Å². The number of carbonyl (C=O) groups excluding carboxylic acids is 1. The molecular formula is C13H20N4O2. The lowest BCUT2D eigenvalue weighted by atomic mass is 10.1. The van der Waals surface area contributed by atoms with Crippen LogP contribution in [0.3, 0.4) is 0 Å². The van der Waals surface area contributed by atoms with Gasteiger partial charge in [0.25, 0.3) is 0 Å². The summed E-state index contributed by atoms with van der Waals surface area (Å²) in [4.78, 5) is 20.0. The fraction of sp³-hybridized carbons (Fsp3) is 0.615. The number of aromatic nitrogens is 2. The second-order valence-corrected chi connectivity index (χ2v) is 4.65. The van der Waals surface area contributed by atoms with Gasteiger partial charge in [0.15, 0.2) is 0 Å². The van der Waals surface area contributed by atoms with E-state index in [4.69, 9.17) is 4.74 Å². The van der Waals surface area contributed by atoms with Crippen LogP contribution in [0.15, 0.2) is 12.3 Å². The molecule has 0 unspecified atom stereocenters. The number of nitrogens with zero attached hydrogens (tertiary/aromatic N) is 2. The Labute approximate surface area is 113 Å². The number of hydrogen-bond acceptors (Lipinski definition) is 5. The average molecular weight is 264 g/mol. The minimum Gasteiger partial charge on any atom is -0.381 e. The third-order valence-corrected chi connectivity index (χ3v) is 3.01. The van der Waals surface area contributed by atoms with Gasteiger partial charge in [-0.2, -0.15) is 0 Å². The number of ether oxygens (including phenoxy) is 1. The molecule has 0 bridgehead atoms. The summed E-state index contributed by atoms with van der Waals surface area (Å²) in [7, 11) is 0. The minimum absolute atomic E-state index is 0.0256. The third-order valence-electron chi connectivity index (χ3n) is 3.01. The highest BCUT2D eigenvalue weighted by atomic mass is 16.5. The van der Waals surface area contributed by atoms with E-state index in [1.807, 2.05) is 13.0 Å². The molecule has 1 fully saturated rings. The number of amides is 1. The van der Waals surface area contributed by atoms with Crippen molar-refractivity contribution in [1.29, 1.82) is 0 Å². The summed E-state index contributed by atoms with van der Waals surface area (Å²) in [5.74, 6) is 0.767. The lowest BCUT2D eigenvalue weighted by molar-refractivity contribution is -0.121. The Morgan fingerprint density at radius 3 is 3.00 bits per heavy atom. The summed E-state index contributed by atoms with van der Waals surface area (Å²) >= 11 is 0. The monoisotopic (exact) mass is 264 g/mol. The first-order valence-electron chi connectivity index (χ1n) is 6.60. The second-order valence-electron chi connectivity index (χ2n) is 4.65. The van der Waals surface area contributed by atoms with E-state index in [-0.39, 0.29) is 11.9 Å². The number of nitrogens with one attached hydrogen (secondary N) is 2. The Balaban J connectivity index is 1.66. The first-order chi connectivity index (χ1) is 9.24. The van der Waals surface area contributed by atoms with Crippen molar-refractivity contribution in [3.05, 3.63) is 23.8 Å². The Morgan fingerprint density at radius 1 is 1.47 bits per heavy atom. The maximum atomic E-state index is 11.7. The van der Waals surface area contributed by atoms with Gasteiger partial charge in [-0.3, -0.25) is 4.79 Å². The zero-order chi connectivity index (χ0) is 13.5. The van der Waals surface area contributed by atoms with Crippen LogP contribution in [-0.4, -0.2) is 41.7 Å². The van der Waals surface area contributed by atoms with Gasteiger partial charge in [-0.1, -0.05) is 0 Å². The number of carbonyl (C=O) groups is 1. The molecule has 0 aliphatic carbocycles. The molecule has 2 N–H and O–H groups in total. The van der Waals surface area contributed by atoms with Crippen molar-refractivity contribution in [3.8, 4) is 0 Å². The predicted octanol–water partition coefficient (Wildman–Crippen LogP) is 0.170. The van der Waals surface area contributed by atoms with Crippen molar-refractivity contribution >= 4 is 5.91 Å². The van der Waals surface area contributed by atoms with Crippen molar-refractivity contribution in [2.75, 3.05) is 19.8 Å². The van der Waals surface area contributed by atoms with E-state index in [0.717, 1.165) is 37.6 Å². The fourth-order valence-electron chi connectivity index (χ4n) is 2.03. The SMILES string of the molecule is Cc1nccc(CNCC(=O)NC2CCOCC2)n1. The summed E-state index contributed by atoms with van der Waals surface area (Å²) in [5, 5.41) is 6.09. The largest absolute Gasteiger partial charge is 0.381 e. The first kappa shape index (κ1) is 13.9. The van der Waals surface area contributed by atoms with Crippen LogP contribution in [0.2, 0.25) is 0 Å². The molecule has 0 radical (unpaired) electrons. The van der Waals surface area contributed by atoms with Crippen molar-refractivity contribution in [2.45, 2.75) is 32.4 Å². The summed E-state index contributed by atoms with van der Waals surface area (Å²) < 4.78 is 5.25. The van der Waals surface area contributed by atoms with Crippen LogP contribution in [0.25, 0.3) is 0 Å². The average Bonchev–Trinajstić information content (AvgIpc) is 2.40. The molecule has 1 aromatic rings. The van der Waals surface area contributed by atoms with Gasteiger partial charge < -0.3 is 15.4 Å². The highest BCUT2D eigenvalue weighted by molar-refractivity contribution is 5.78. The van der Waals surface area contributed by atoms with Crippen molar-refractivity contribution in [3.63, 3.8) is 0 Å². The molecule has 0 atom stereocenters. The maximum Gasteiger partial charge on any atom is 0.234 e. The lowest BCUT2D eigenvalue weighted by Crippen LogP contribution is -2.42. The molecule has 2 rings (SSSR count). The fourth-order valence-corrected chi connectivity index (χ4v) is 2.03. The predicted molar refractivity (Wildman–Crippen MR) is 70.5 cm³/mol. The first-order valence-corrected chi connectivity index (χ1v) is 6.60. The summed E-state index contributed by atoms with van der Waals surface area (Å²) in [6.07, 6.45) is 3.52. The van der Waals surface area contributed by atoms with Crippen molar-refractivity contribution in [1.82, 2.24) is 20.6 Å². The highest BCUT2D eigenvalue weighted by Gasteiger charge is 2.15. The Bertz CT molecular complexity index is 419. The van der Waals surface area contributed by atoms with Gasteiger partial charge >= 0.3 is 0 Å². The van der Waals surface area contributed by atoms with E-state index in [1.165, 1.54) is 0 Å². The highest BCUT2D eigenvalue weighted by Crippen LogP contribution is 2.05. The van der Waals surface area contributed by atoms with Crippen LogP contribution in [0.5, 0.6) is 0 Å². The molecule has 1 amide bonds. The van der Waals surface area contributed by atoms with Crippen LogP contribution < -0.4 is 10.6 Å². The van der Waals surface area contributed by atoms with Crippen LogP contribution in [0, 0.1) is 6.92 Å². The van der Waals surface area contributed by atoms with E-state index in [1.54, 1.807) is 6.20 Å². The van der Waals surface area contributed by atoms with Gasteiger partial charge in [0.1, 0.15) is 5.82 Å². The van der Waals surface area contributed by atoms with Crippen molar-refractivity contribution in [2.24, 2.45) is 0 Å². The summed E-state index contributed by atoms with van der Waals surface area (Å²) in [6, 6.07) is 2.10. The van der Waals surface area contributed by atoms with Gasteiger partial charge in [0.2, 0.25) is 5.91 Å². The van der Waals surface area contributed by atoms with E-state index >= 15 is 0 Å². The summed E-state index contributed by atoms with van der Waals surface area (Å²) in [5.41, 5.74) is 0.895. The number of rotatable bonds is 5. The van der Waals surface area contributed by atoms with E-state index in [2.05, 4.69) is 20.6 Å². The van der Waals surface area contributed by atoms with E-state index in [9.17, 15) is 4.79 Å². The quantitative estimate of drug-likeness (QED) is 0.793. The van der Waals surface area contributed by atoms with Gasteiger partial charge in [-0.05, 0) is 25.8 Å². The molecule has 0 aromatic carbocycles. The number of hydrogen-bond donors (Lipinski definition) is 2. The third kappa shape index (κ3) is 4.92. The van der Waals surface area contributed by atoms with Crippen LogP contribution >= 0.6 is 0 Å². The van der Waals surface area contributed by atoms with Gasteiger partial charge in [-0.15, -0.1) is 0 Å². The van der Waals surface area contributed by atoms with E-state index < -0.39 is 0 Å². The summed E-state index contributed by atoms with van der Waals surface area (Å²) in [6.45, 7) is 4.20. The topological polar surface area (TPSA) is 76.1 Å². The Hall–Kier alpha value is -1.53. The minimum atomic E-state index is 0.0256. The van der Waals surface area contributed by atoms with Gasteiger partial charge in [-0.25, -0.2) is 9.97 Å². The second kappa shape index (κ2) is 7.16. The van der Waals surface area contributed by atoms with E-state index in [0.29, 0.717) is 13.1 Å². The molecule has 1 aliphatic rings. The molecule has 0 saturated carbocycles. The van der Waals surface area contributed by atoms with Crippen LogP contribution in [-0.2, 0) is 16.1 Å².